The van der Waals surface area contributed by atoms with Crippen molar-refractivity contribution in [3.05, 3.63) is 53.6 Å². The molecule has 1 fully saturated rings. The van der Waals surface area contributed by atoms with Gasteiger partial charge in [-0.05, 0) is 37.1 Å². The molecule has 0 aromatic heterocycles. The molecule has 0 spiro atoms. The number of amides is 2. The molecule has 1 saturated heterocycles. The molecule has 6 heteroatoms. The van der Waals surface area contributed by atoms with Crippen LogP contribution in [0.3, 0.4) is 0 Å². The zero-order valence-corrected chi connectivity index (χ0v) is 16.0. The Kier molecular flexibility index (Phi) is 6.19. The number of carbonyl (C=O) groups excluding carboxylic acids is 1. The number of carbonyl (C=O) groups is 1. The lowest BCUT2D eigenvalue weighted by molar-refractivity contribution is 0.185. The Morgan fingerprint density at radius 2 is 1.96 bits per heavy atom. The number of nitrogens with zero attached hydrogens (tertiary/aromatic N) is 1. The van der Waals surface area contributed by atoms with Crippen molar-refractivity contribution in [2.24, 2.45) is 0 Å². The van der Waals surface area contributed by atoms with Gasteiger partial charge in [-0.25, -0.2) is 4.79 Å². The van der Waals surface area contributed by atoms with E-state index in [2.05, 4.69) is 5.32 Å². The van der Waals surface area contributed by atoms with Crippen LogP contribution in [0.1, 0.15) is 30.0 Å². The summed E-state index contributed by atoms with van der Waals surface area (Å²) in [4.78, 5) is 14.9. The maximum atomic E-state index is 13.0. The zero-order valence-electron chi connectivity index (χ0n) is 16.0. The molecule has 2 amide bonds. The van der Waals surface area contributed by atoms with E-state index in [0.717, 1.165) is 41.2 Å². The van der Waals surface area contributed by atoms with E-state index >= 15 is 0 Å². The fourth-order valence-corrected chi connectivity index (χ4v) is 3.54. The number of hydrogen-bond donors (Lipinski definition) is 1. The molecule has 0 aliphatic carbocycles. The van der Waals surface area contributed by atoms with E-state index in [-0.39, 0.29) is 12.1 Å². The van der Waals surface area contributed by atoms with E-state index < -0.39 is 0 Å². The SMILES string of the molecule is COCc1ccccc1NC(=O)N1CCCC1c1cc(OC)ccc1OC. The van der Waals surface area contributed by atoms with Gasteiger partial charge in [0.05, 0.1) is 26.9 Å². The van der Waals surface area contributed by atoms with Crippen LogP contribution < -0.4 is 14.8 Å². The summed E-state index contributed by atoms with van der Waals surface area (Å²) in [6.45, 7) is 1.15. The second-order valence-electron chi connectivity index (χ2n) is 6.48. The van der Waals surface area contributed by atoms with Crippen molar-refractivity contribution in [1.82, 2.24) is 4.90 Å². The topological polar surface area (TPSA) is 60.0 Å². The van der Waals surface area contributed by atoms with Gasteiger partial charge in [-0.15, -0.1) is 0 Å². The largest absolute Gasteiger partial charge is 0.497 e. The van der Waals surface area contributed by atoms with E-state index in [1.807, 2.05) is 47.4 Å². The van der Waals surface area contributed by atoms with Crippen molar-refractivity contribution in [2.75, 3.05) is 33.2 Å². The molecule has 27 heavy (non-hydrogen) atoms. The number of anilines is 1. The Morgan fingerprint density at radius 3 is 2.70 bits per heavy atom. The maximum absolute atomic E-state index is 13.0. The van der Waals surface area contributed by atoms with Crippen molar-refractivity contribution in [3.63, 3.8) is 0 Å². The number of para-hydroxylation sites is 1. The molecule has 144 valence electrons. The fourth-order valence-electron chi connectivity index (χ4n) is 3.54. The summed E-state index contributed by atoms with van der Waals surface area (Å²) in [5, 5.41) is 3.04. The van der Waals surface area contributed by atoms with Crippen LogP contribution in [0.4, 0.5) is 10.5 Å². The monoisotopic (exact) mass is 370 g/mol. The first kappa shape index (κ1) is 19.0. The van der Waals surface area contributed by atoms with Gasteiger partial charge in [0.25, 0.3) is 0 Å². The highest BCUT2D eigenvalue weighted by Gasteiger charge is 2.32. The van der Waals surface area contributed by atoms with Gasteiger partial charge in [-0.2, -0.15) is 0 Å². The second kappa shape index (κ2) is 8.77. The molecular weight excluding hydrogens is 344 g/mol. The molecule has 6 nitrogen and oxygen atoms in total. The van der Waals surface area contributed by atoms with Crippen LogP contribution in [0.5, 0.6) is 11.5 Å². The fraction of sp³-hybridized carbons (Fsp3) is 0.381. The van der Waals surface area contributed by atoms with Crippen LogP contribution in [0.25, 0.3) is 0 Å². The molecule has 1 aliphatic heterocycles. The van der Waals surface area contributed by atoms with E-state index in [4.69, 9.17) is 14.2 Å². The minimum Gasteiger partial charge on any atom is -0.497 e. The summed E-state index contributed by atoms with van der Waals surface area (Å²) < 4.78 is 16.1. The molecule has 0 radical (unpaired) electrons. The molecule has 2 aromatic carbocycles. The summed E-state index contributed by atoms with van der Waals surface area (Å²) in [6, 6.07) is 13.2. The van der Waals surface area contributed by atoms with Crippen molar-refractivity contribution < 1.29 is 19.0 Å². The van der Waals surface area contributed by atoms with Crippen LogP contribution in [0.2, 0.25) is 0 Å². The highest BCUT2D eigenvalue weighted by Crippen LogP contribution is 2.39. The molecule has 1 N–H and O–H groups in total. The Hall–Kier alpha value is -2.73. The highest BCUT2D eigenvalue weighted by molar-refractivity contribution is 5.90. The standard InChI is InChI=1S/C21H26N2O4/c1-25-14-15-7-4-5-8-18(15)22-21(24)23-12-6-9-19(23)17-13-16(26-2)10-11-20(17)27-3/h4-5,7-8,10-11,13,19H,6,9,12,14H2,1-3H3,(H,22,24). The Labute approximate surface area is 160 Å². The Morgan fingerprint density at radius 1 is 1.15 bits per heavy atom. The number of methoxy groups -OCH3 is 3. The van der Waals surface area contributed by atoms with Crippen LogP contribution in [0, 0.1) is 0 Å². The Bertz CT molecular complexity index is 794. The van der Waals surface area contributed by atoms with Gasteiger partial charge in [0.15, 0.2) is 0 Å². The smallest absolute Gasteiger partial charge is 0.322 e. The number of rotatable bonds is 6. The first-order valence-electron chi connectivity index (χ1n) is 9.04. The van der Waals surface area contributed by atoms with Crippen LogP contribution in [0.15, 0.2) is 42.5 Å². The maximum Gasteiger partial charge on any atom is 0.322 e. The third kappa shape index (κ3) is 4.17. The number of benzene rings is 2. The lowest BCUT2D eigenvalue weighted by Gasteiger charge is -2.27. The molecule has 0 saturated carbocycles. The molecule has 1 atom stereocenters. The lowest BCUT2D eigenvalue weighted by atomic mass is 10.0. The van der Waals surface area contributed by atoms with Crippen LogP contribution in [-0.2, 0) is 11.3 Å². The second-order valence-corrected chi connectivity index (χ2v) is 6.48. The summed E-state index contributed by atoms with van der Waals surface area (Å²) in [7, 11) is 4.92. The number of nitrogens with one attached hydrogen (secondary N) is 1. The average molecular weight is 370 g/mol. The summed E-state index contributed by atoms with van der Waals surface area (Å²) in [6.07, 6.45) is 1.83. The predicted molar refractivity (Wildman–Crippen MR) is 104 cm³/mol. The number of hydrogen-bond acceptors (Lipinski definition) is 4. The average Bonchev–Trinajstić information content (AvgIpc) is 3.19. The molecule has 2 aromatic rings. The Balaban J connectivity index is 1.84. The third-order valence-electron chi connectivity index (χ3n) is 4.87. The van der Waals surface area contributed by atoms with Gasteiger partial charge in [0, 0.05) is 30.5 Å². The van der Waals surface area contributed by atoms with Crippen molar-refractivity contribution in [2.45, 2.75) is 25.5 Å². The lowest BCUT2D eigenvalue weighted by Crippen LogP contribution is -2.34. The summed E-state index contributed by atoms with van der Waals surface area (Å²) in [5.41, 5.74) is 2.69. The van der Waals surface area contributed by atoms with E-state index in [0.29, 0.717) is 13.2 Å². The number of likely N-dealkylation sites (tertiary alicyclic amines) is 1. The summed E-state index contributed by atoms with van der Waals surface area (Å²) in [5.74, 6) is 1.52. The predicted octanol–water partition coefficient (Wildman–Crippen LogP) is 4.22. The van der Waals surface area contributed by atoms with Gasteiger partial charge in [0.2, 0.25) is 0 Å². The molecule has 1 aliphatic rings. The van der Waals surface area contributed by atoms with Gasteiger partial charge in [-0.3, -0.25) is 0 Å². The molecule has 1 heterocycles. The van der Waals surface area contributed by atoms with Crippen molar-refractivity contribution in [1.29, 1.82) is 0 Å². The van der Waals surface area contributed by atoms with Crippen molar-refractivity contribution in [3.8, 4) is 11.5 Å². The number of urea groups is 1. The van der Waals surface area contributed by atoms with Gasteiger partial charge in [-0.1, -0.05) is 18.2 Å². The molecule has 1 unspecified atom stereocenters. The third-order valence-corrected chi connectivity index (χ3v) is 4.87. The molecular formula is C21H26N2O4. The van der Waals surface area contributed by atoms with Gasteiger partial charge in [0.1, 0.15) is 11.5 Å². The van der Waals surface area contributed by atoms with E-state index in [1.165, 1.54) is 0 Å². The summed E-state index contributed by atoms with van der Waals surface area (Å²) >= 11 is 0. The quantitative estimate of drug-likeness (QED) is 0.827. The van der Waals surface area contributed by atoms with Crippen molar-refractivity contribution >= 4 is 11.7 Å². The minimum atomic E-state index is -0.120. The minimum absolute atomic E-state index is 0.0513. The van der Waals surface area contributed by atoms with E-state index in [1.54, 1.807) is 21.3 Å². The highest BCUT2D eigenvalue weighted by atomic mass is 16.5. The number of ether oxygens (including phenoxy) is 3. The molecule has 0 bridgehead atoms. The zero-order chi connectivity index (χ0) is 19.2. The van der Waals surface area contributed by atoms with Crippen LogP contribution in [-0.4, -0.2) is 38.8 Å². The first-order valence-corrected chi connectivity index (χ1v) is 9.04. The van der Waals surface area contributed by atoms with Gasteiger partial charge < -0.3 is 24.4 Å². The normalized spacial score (nSPS) is 16.3. The van der Waals surface area contributed by atoms with Crippen LogP contribution >= 0.6 is 0 Å². The molecule has 3 rings (SSSR count). The first-order chi connectivity index (χ1) is 13.2. The van der Waals surface area contributed by atoms with E-state index in [9.17, 15) is 4.79 Å². The van der Waals surface area contributed by atoms with Gasteiger partial charge >= 0.3 is 6.03 Å².